The minimum Gasteiger partial charge on any atom is -0.481 e. The smallest absolute Gasteiger partial charge is 0.481 e. The Morgan fingerprint density at radius 1 is 0.341 bits per heavy atom. The molecule has 0 aliphatic heterocycles. The van der Waals surface area contributed by atoms with E-state index in [1.165, 1.54) is 0 Å². The number of carboxylic acids is 9. The van der Waals surface area contributed by atoms with Gasteiger partial charge in [0.25, 0.3) is 0 Å². The zero-order valence-corrected chi connectivity index (χ0v) is 22.8. The Morgan fingerprint density at radius 3 is 0.488 bits per heavy atom. The normalized spacial score (nSPS) is 10.3. The van der Waals surface area contributed by atoms with Gasteiger partial charge >= 0.3 is 83.3 Å². The number of hydrogen-bond acceptors (Lipinski definition) is 12. The Labute approximate surface area is 248 Å². The van der Waals surface area contributed by atoms with E-state index < -0.39 is 109 Å². The number of hydrogen-bond donors (Lipinski definition) is 12. The molecule has 23 heteroatoms. The number of rotatable bonds is 15. The molecule has 230 valence electrons. The van der Waals surface area contributed by atoms with Crippen LogP contribution in [0.5, 0.6) is 0 Å². The first-order valence-corrected chi connectivity index (χ1v) is 9.51. The van der Waals surface area contributed by atoms with Gasteiger partial charge in [0, 0.05) is 0 Å². The van der Waals surface area contributed by atoms with Crippen LogP contribution in [0.3, 0.4) is 0 Å². The minimum atomic E-state index is -2.74. The number of aliphatic hydroxyl groups is 3. The monoisotopic (exact) mass is 617 g/mol. The van der Waals surface area contributed by atoms with Gasteiger partial charge in [0.2, 0.25) is 0 Å². The van der Waals surface area contributed by atoms with Crippen molar-refractivity contribution in [1.82, 2.24) is 0 Å². The first kappa shape index (κ1) is 46.9. The van der Waals surface area contributed by atoms with Crippen molar-refractivity contribution in [3.8, 4) is 0 Å². The Balaban J connectivity index is -0.000000154. The van der Waals surface area contributed by atoms with Crippen LogP contribution in [0.25, 0.3) is 0 Å². The van der Waals surface area contributed by atoms with Crippen molar-refractivity contribution in [1.29, 1.82) is 0 Å². The molecule has 0 heterocycles. The molecule has 0 fully saturated rings. The van der Waals surface area contributed by atoms with Gasteiger partial charge in [-0.05, 0) is 0 Å². The van der Waals surface area contributed by atoms with E-state index in [9.17, 15) is 43.2 Å². The van der Waals surface area contributed by atoms with E-state index in [0.717, 1.165) is 0 Å². The first-order valence-electron chi connectivity index (χ1n) is 9.51. The molecule has 0 saturated carbocycles. The van der Waals surface area contributed by atoms with Gasteiger partial charge in [-0.15, -0.1) is 0 Å². The zero-order valence-electron chi connectivity index (χ0n) is 20.8. The predicted molar refractivity (Wildman–Crippen MR) is 115 cm³/mol. The van der Waals surface area contributed by atoms with Gasteiger partial charge in [0.05, 0.1) is 38.5 Å². The molecule has 0 unspecified atom stereocenters. The molecule has 0 bridgehead atoms. The van der Waals surface area contributed by atoms with E-state index >= 15 is 0 Å². The molecule has 0 aromatic heterocycles. The number of carboxylic acid groups (broad SMARTS) is 9. The van der Waals surface area contributed by atoms with E-state index in [4.69, 9.17) is 61.3 Å². The zero-order chi connectivity index (χ0) is 31.9. The van der Waals surface area contributed by atoms with Crippen molar-refractivity contribution in [3.05, 3.63) is 0 Å². The molecule has 0 aliphatic carbocycles. The second-order valence-electron chi connectivity index (χ2n) is 7.43. The molecular weight excluding hydrogens is 591 g/mol. The summed E-state index contributed by atoms with van der Waals surface area (Å²) in [5, 5.41) is 101. The van der Waals surface area contributed by atoms with Crippen molar-refractivity contribution in [3.63, 3.8) is 0 Å². The van der Waals surface area contributed by atoms with Crippen LogP contribution in [-0.4, -0.2) is 137 Å². The summed E-state index contributed by atoms with van der Waals surface area (Å²) in [5.41, 5.74) is -8.22. The Morgan fingerprint density at radius 2 is 0.439 bits per heavy atom. The largest absolute Gasteiger partial charge is 1.00 e. The Bertz CT molecular complexity index is 813. The average molecular weight is 617 g/mol. The molecule has 0 aromatic rings. The van der Waals surface area contributed by atoms with Crippen molar-refractivity contribution in [2.24, 2.45) is 0 Å². The molecule has 0 radical (unpaired) electrons. The van der Waals surface area contributed by atoms with Crippen molar-refractivity contribution < 1.29 is 139 Å². The van der Waals surface area contributed by atoms with Gasteiger partial charge in [-0.2, -0.15) is 0 Å². The fourth-order valence-corrected chi connectivity index (χ4v) is 2.14. The summed E-state index contributed by atoms with van der Waals surface area (Å²) in [6.45, 7) is 0. The quantitative estimate of drug-likeness (QED) is 0.0759. The van der Waals surface area contributed by atoms with Gasteiger partial charge in [0.15, 0.2) is 16.8 Å². The molecule has 0 aromatic carbocycles. The van der Waals surface area contributed by atoms with E-state index in [1.807, 2.05) is 0 Å². The maximum atomic E-state index is 10.3. The van der Waals surface area contributed by atoms with Crippen molar-refractivity contribution in [2.75, 3.05) is 0 Å². The molecule has 0 aliphatic rings. The van der Waals surface area contributed by atoms with Crippen LogP contribution in [0.2, 0.25) is 0 Å². The van der Waals surface area contributed by atoms with E-state index in [0.29, 0.717) is 0 Å². The van der Waals surface area contributed by atoms with E-state index in [1.54, 1.807) is 0 Å². The summed E-state index contributed by atoms with van der Waals surface area (Å²) in [5.74, 6) is -15.1. The maximum absolute atomic E-state index is 10.3. The van der Waals surface area contributed by atoms with Gasteiger partial charge < -0.3 is 66.8 Å². The van der Waals surface area contributed by atoms with Crippen molar-refractivity contribution >= 4 is 53.7 Å². The van der Waals surface area contributed by atoms with Crippen LogP contribution >= 0.6 is 0 Å². The molecular formula is C18H26NaO22+. The second-order valence-corrected chi connectivity index (χ2v) is 7.43. The fraction of sp³-hybridized carbons (Fsp3) is 0.500. The maximum Gasteiger partial charge on any atom is 1.00 e. The number of carbonyl (C=O) groups is 9. The third-order valence-corrected chi connectivity index (χ3v) is 3.86. The standard InChI is InChI=1S/3C6H8O7.Na.H2O/c3*7-3(8)1-6(13,5(11)12)2-4(9)10;;/h3*13H,1-2H2,(H,7,8)(H,9,10)(H,11,12);;1H2/q;;;+1;. The van der Waals surface area contributed by atoms with Crippen LogP contribution in [0.1, 0.15) is 38.5 Å². The van der Waals surface area contributed by atoms with Crippen LogP contribution in [0.4, 0.5) is 0 Å². The van der Waals surface area contributed by atoms with Crippen molar-refractivity contribution in [2.45, 2.75) is 55.3 Å². The van der Waals surface area contributed by atoms with Gasteiger partial charge in [-0.1, -0.05) is 0 Å². The van der Waals surface area contributed by atoms with E-state index in [2.05, 4.69) is 0 Å². The van der Waals surface area contributed by atoms with Crippen LogP contribution < -0.4 is 29.6 Å². The predicted octanol–water partition coefficient (Wildman–Crippen LogP) is -7.57. The summed E-state index contributed by atoms with van der Waals surface area (Å²) < 4.78 is 0. The van der Waals surface area contributed by atoms with Crippen LogP contribution in [0.15, 0.2) is 0 Å². The van der Waals surface area contributed by atoms with Crippen LogP contribution in [-0.2, 0) is 43.2 Å². The molecule has 14 N–H and O–H groups in total. The van der Waals surface area contributed by atoms with E-state index in [-0.39, 0.29) is 35.0 Å². The summed E-state index contributed by atoms with van der Waals surface area (Å²) in [6, 6.07) is 0. The summed E-state index contributed by atoms with van der Waals surface area (Å²) >= 11 is 0. The third kappa shape index (κ3) is 21.6. The van der Waals surface area contributed by atoms with Gasteiger partial charge in [0.1, 0.15) is 0 Å². The molecule has 0 spiro atoms. The summed E-state index contributed by atoms with van der Waals surface area (Å²) in [6.07, 6.45) is -6.87. The Hall–Kier alpha value is -3.93. The molecule has 0 rings (SSSR count). The average Bonchev–Trinajstić information content (AvgIpc) is 2.64. The summed E-state index contributed by atoms with van der Waals surface area (Å²) in [7, 11) is 0. The third-order valence-electron chi connectivity index (χ3n) is 3.86. The van der Waals surface area contributed by atoms with Gasteiger partial charge in [-0.3, -0.25) is 28.8 Å². The van der Waals surface area contributed by atoms with Crippen LogP contribution in [0, 0.1) is 0 Å². The number of aliphatic carboxylic acids is 9. The molecule has 0 amide bonds. The molecule has 41 heavy (non-hydrogen) atoms. The van der Waals surface area contributed by atoms with Gasteiger partial charge in [-0.25, -0.2) is 14.4 Å². The second kappa shape index (κ2) is 20.0. The first-order chi connectivity index (χ1) is 17.3. The SMILES string of the molecule is O.O=C(O)CC(O)(CC(=O)O)C(=O)O.O=C(O)CC(O)(CC(=O)O)C(=O)O.O=C(O)CC(O)(CC(=O)O)C(=O)O.[Na+]. The fourth-order valence-electron chi connectivity index (χ4n) is 2.14. The molecule has 0 atom stereocenters. The molecule has 22 nitrogen and oxygen atoms in total. The Kier molecular flexibility index (Phi) is 22.9. The minimum absolute atomic E-state index is 0. The summed E-state index contributed by atoms with van der Waals surface area (Å²) in [4.78, 5) is 91.5. The topological polar surface area (TPSA) is 428 Å². The molecule has 0 saturated heterocycles.